The summed E-state index contributed by atoms with van der Waals surface area (Å²) >= 11 is 7.20. The van der Waals surface area contributed by atoms with E-state index in [1.54, 1.807) is 31.0 Å². The number of hydrogen-bond acceptors (Lipinski definition) is 6. The van der Waals surface area contributed by atoms with E-state index in [2.05, 4.69) is 16.7 Å². The van der Waals surface area contributed by atoms with Crippen LogP contribution >= 0.6 is 24.0 Å². The lowest BCUT2D eigenvalue weighted by atomic mass is 10.1. The molecule has 134 valence electrons. The minimum atomic E-state index is -0.348. The molecule has 0 spiro atoms. The van der Waals surface area contributed by atoms with Crippen molar-refractivity contribution < 1.29 is 9.15 Å². The first-order chi connectivity index (χ1) is 12.1. The van der Waals surface area contributed by atoms with E-state index in [-0.39, 0.29) is 5.63 Å². The van der Waals surface area contributed by atoms with Crippen molar-refractivity contribution in [2.75, 3.05) is 39.8 Å². The molecule has 1 aromatic carbocycles. The van der Waals surface area contributed by atoms with Gasteiger partial charge in [-0.2, -0.15) is 0 Å². The molecule has 1 aliphatic rings. The first-order valence-electron chi connectivity index (χ1n) is 8.35. The van der Waals surface area contributed by atoms with Gasteiger partial charge in [0.15, 0.2) is 0 Å². The first kappa shape index (κ1) is 18.2. The Kier molecular flexibility index (Phi) is 5.98. The fourth-order valence-corrected chi connectivity index (χ4v) is 4.18. The van der Waals surface area contributed by atoms with Crippen LogP contribution in [-0.4, -0.2) is 54.0 Å². The van der Waals surface area contributed by atoms with Crippen molar-refractivity contribution in [2.24, 2.45) is 0 Å². The van der Waals surface area contributed by atoms with Gasteiger partial charge >= 0.3 is 5.63 Å². The van der Waals surface area contributed by atoms with Gasteiger partial charge in [-0.25, -0.2) is 4.79 Å². The standard InChI is InChI=1S/C18H22N2O3S2/c1-3-19-6-8-20(9-7-19)18(24)25-12-13-10-17(21)23-16-11-14(22-2)4-5-15(13)16/h4-5,10-11H,3,6-9,12H2,1-2H3. The zero-order valence-electron chi connectivity index (χ0n) is 14.5. The van der Waals surface area contributed by atoms with Gasteiger partial charge in [0.05, 0.1) is 7.11 Å². The van der Waals surface area contributed by atoms with Crippen molar-refractivity contribution >= 4 is 39.3 Å². The molecule has 2 aromatic rings. The molecule has 1 saturated heterocycles. The second kappa shape index (κ2) is 8.21. The van der Waals surface area contributed by atoms with E-state index >= 15 is 0 Å². The van der Waals surface area contributed by atoms with Gasteiger partial charge in [-0.05, 0) is 24.2 Å². The van der Waals surface area contributed by atoms with Crippen molar-refractivity contribution in [3.63, 3.8) is 0 Å². The van der Waals surface area contributed by atoms with E-state index in [1.165, 1.54) is 0 Å². The molecular formula is C18H22N2O3S2. The molecule has 2 heterocycles. The summed E-state index contributed by atoms with van der Waals surface area (Å²) in [7, 11) is 1.59. The number of likely N-dealkylation sites (N-methyl/N-ethyl adjacent to an activating group) is 1. The summed E-state index contributed by atoms with van der Waals surface area (Å²) in [6.07, 6.45) is 0. The Bertz CT molecular complexity index is 814. The molecule has 3 rings (SSSR count). The van der Waals surface area contributed by atoms with Crippen molar-refractivity contribution in [1.29, 1.82) is 0 Å². The van der Waals surface area contributed by atoms with E-state index in [0.29, 0.717) is 17.1 Å². The van der Waals surface area contributed by atoms with Crippen molar-refractivity contribution in [1.82, 2.24) is 9.80 Å². The highest BCUT2D eigenvalue weighted by atomic mass is 32.2. The van der Waals surface area contributed by atoms with Crippen molar-refractivity contribution in [3.05, 3.63) is 40.2 Å². The van der Waals surface area contributed by atoms with Gasteiger partial charge in [-0.3, -0.25) is 0 Å². The molecule has 25 heavy (non-hydrogen) atoms. The van der Waals surface area contributed by atoms with Crippen LogP contribution in [0, 0.1) is 0 Å². The molecule has 0 saturated carbocycles. The molecule has 0 aliphatic carbocycles. The van der Waals surface area contributed by atoms with E-state index in [1.807, 2.05) is 12.1 Å². The quantitative estimate of drug-likeness (QED) is 0.599. The lowest BCUT2D eigenvalue weighted by Crippen LogP contribution is -2.47. The van der Waals surface area contributed by atoms with Gasteiger partial charge < -0.3 is 19.0 Å². The van der Waals surface area contributed by atoms with Gasteiger partial charge in [0.1, 0.15) is 15.7 Å². The Morgan fingerprint density at radius 1 is 1.28 bits per heavy atom. The lowest BCUT2D eigenvalue weighted by molar-refractivity contribution is 0.193. The number of piperazine rings is 1. The zero-order valence-corrected chi connectivity index (χ0v) is 16.1. The number of rotatable bonds is 4. The maximum absolute atomic E-state index is 11.9. The van der Waals surface area contributed by atoms with Crippen LogP contribution < -0.4 is 10.4 Å². The number of hydrogen-bond donors (Lipinski definition) is 0. The van der Waals surface area contributed by atoms with Crippen LogP contribution in [0.4, 0.5) is 0 Å². The van der Waals surface area contributed by atoms with E-state index < -0.39 is 0 Å². The Morgan fingerprint density at radius 2 is 2.04 bits per heavy atom. The van der Waals surface area contributed by atoms with Gasteiger partial charge in [0.2, 0.25) is 0 Å². The molecule has 1 aromatic heterocycles. The van der Waals surface area contributed by atoms with Crippen LogP contribution in [0.5, 0.6) is 5.75 Å². The Morgan fingerprint density at radius 3 is 2.72 bits per heavy atom. The summed E-state index contributed by atoms with van der Waals surface area (Å²) in [5, 5.41) is 0.923. The Labute approximate surface area is 156 Å². The van der Waals surface area contributed by atoms with E-state index in [4.69, 9.17) is 21.4 Å². The maximum Gasteiger partial charge on any atom is 0.336 e. The van der Waals surface area contributed by atoms with Crippen LogP contribution in [-0.2, 0) is 5.75 Å². The number of nitrogens with zero attached hydrogens (tertiary/aromatic N) is 2. The molecule has 0 radical (unpaired) electrons. The number of benzene rings is 1. The van der Waals surface area contributed by atoms with Crippen molar-refractivity contribution in [2.45, 2.75) is 12.7 Å². The third kappa shape index (κ3) is 4.34. The summed E-state index contributed by atoms with van der Waals surface area (Å²) in [5.74, 6) is 1.33. The number of thioether (sulfide) groups is 1. The average molecular weight is 379 g/mol. The summed E-state index contributed by atoms with van der Waals surface area (Å²) < 4.78 is 11.4. The highest BCUT2D eigenvalue weighted by molar-refractivity contribution is 8.22. The number of methoxy groups -OCH3 is 1. The first-order valence-corrected chi connectivity index (χ1v) is 9.75. The minimum Gasteiger partial charge on any atom is -0.497 e. The highest BCUT2D eigenvalue weighted by Crippen LogP contribution is 2.26. The smallest absolute Gasteiger partial charge is 0.336 e. The molecule has 0 N–H and O–H groups in total. The monoisotopic (exact) mass is 378 g/mol. The van der Waals surface area contributed by atoms with Gasteiger partial charge in [0.25, 0.3) is 0 Å². The predicted octanol–water partition coefficient (Wildman–Crippen LogP) is 2.96. The molecule has 0 amide bonds. The molecular weight excluding hydrogens is 356 g/mol. The normalized spacial score (nSPS) is 15.5. The number of fused-ring (bicyclic) bond motifs is 1. The lowest BCUT2D eigenvalue weighted by Gasteiger charge is -2.35. The number of ether oxygens (including phenoxy) is 1. The number of thiocarbonyl (C=S) groups is 1. The van der Waals surface area contributed by atoms with E-state index in [9.17, 15) is 4.79 Å². The summed E-state index contributed by atoms with van der Waals surface area (Å²) in [5.41, 5.74) is 1.14. The minimum absolute atomic E-state index is 0.348. The Balaban J connectivity index is 1.70. The predicted molar refractivity (Wildman–Crippen MR) is 107 cm³/mol. The molecule has 7 heteroatoms. The fraction of sp³-hybridized carbons (Fsp3) is 0.444. The summed E-state index contributed by atoms with van der Waals surface area (Å²) in [6, 6.07) is 7.10. The SMILES string of the molecule is CCN1CCN(C(=S)SCc2cc(=O)oc3cc(OC)ccc23)CC1. The molecule has 1 fully saturated rings. The molecule has 1 aliphatic heterocycles. The van der Waals surface area contributed by atoms with Crippen LogP contribution in [0.3, 0.4) is 0 Å². The molecule has 0 unspecified atom stereocenters. The molecule has 0 atom stereocenters. The van der Waals surface area contributed by atoms with Gasteiger partial charge in [-0.1, -0.05) is 30.9 Å². The maximum atomic E-state index is 11.9. The topological polar surface area (TPSA) is 45.9 Å². The van der Waals surface area contributed by atoms with Crippen LogP contribution in [0.2, 0.25) is 0 Å². The second-order valence-electron chi connectivity index (χ2n) is 5.93. The second-order valence-corrected chi connectivity index (χ2v) is 7.54. The Hall–Kier alpha value is -1.57. The summed E-state index contributed by atoms with van der Waals surface area (Å²) in [6.45, 7) is 7.31. The third-order valence-electron chi connectivity index (χ3n) is 4.47. The summed E-state index contributed by atoms with van der Waals surface area (Å²) in [4.78, 5) is 16.5. The largest absolute Gasteiger partial charge is 0.497 e. The van der Waals surface area contributed by atoms with E-state index in [0.717, 1.165) is 48.0 Å². The van der Waals surface area contributed by atoms with Crippen LogP contribution in [0.1, 0.15) is 12.5 Å². The zero-order chi connectivity index (χ0) is 17.8. The van der Waals surface area contributed by atoms with Crippen LogP contribution in [0.25, 0.3) is 11.0 Å². The van der Waals surface area contributed by atoms with Gasteiger partial charge in [0, 0.05) is 49.5 Å². The molecule has 5 nitrogen and oxygen atoms in total. The van der Waals surface area contributed by atoms with Crippen molar-refractivity contribution in [3.8, 4) is 5.75 Å². The molecule has 0 bridgehead atoms. The average Bonchev–Trinajstić information content (AvgIpc) is 2.65. The third-order valence-corrected chi connectivity index (χ3v) is 6.04. The highest BCUT2D eigenvalue weighted by Gasteiger charge is 2.18. The van der Waals surface area contributed by atoms with Gasteiger partial charge in [-0.15, -0.1) is 0 Å². The fourth-order valence-electron chi connectivity index (χ4n) is 2.93. The van der Waals surface area contributed by atoms with Crippen LogP contribution in [0.15, 0.2) is 33.5 Å².